The van der Waals surface area contributed by atoms with Crippen LogP contribution in [0.3, 0.4) is 0 Å². The summed E-state index contributed by atoms with van der Waals surface area (Å²) >= 11 is 6.18. The lowest BCUT2D eigenvalue weighted by atomic mass is 9.82. The minimum atomic E-state index is -1.01. The molecule has 0 amide bonds. The van der Waals surface area contributed by atoms with E-state index in [2.05, 4.69) is 5.32 Å². The van der Waals surface area contributed by atoms with Crippen LogP contribution in [0.2, 0.25) is 5.02 Å². The Labute approximate surface area is 182 Å². The lowest BCUT2D eigenvalue weighted by Gasteiger charge is -2.31. The Morgan fingerprint density at radius 1 is 1.06 bits per heavy atom. The quantitative estimate of drug-likeness (QED) is 0.694. The number of fused-ring (bicyclic) bond motifs is 1. The molecule has 0 spiro atoms. The van der Waals surface area contributed by atoms with Crippen LogP contribution in [-0.2, 0) is 33.2 Å². The summed E-state index contributed by atoms with van der Waals surface area (Å²) < 4.78 is 12.5. The lowest BCUT2D eigenvalue weighted by Crippen LogP contribution is -2.44. The highest BCUT2D eigenvalue weighted by atomic mass is 35.5. The Balaban J connectivity index is 2.45. The molecular weight excluding hydrogens is 426 g/mol. The summed E-state index contributed by atoms with van der Waals surface area (Å²) in [6.45, 7) is 3.37. The largest absolute Gasteiger partial charge is 0.463 e. The minimum Gasteiger partial charge on any atom is -0.463 e. The minimum absolute atomic E-state index is 0.0544. The highest BCUT2D eigenvalue weighted by Gasteiger charge is 2.41. The first-order valence-corrected chi connectivity index (χ1v) is 10.0. The summed E-state index contributed by atoms with van der Waals surface area (Å²) in [5, 5.41) is 3.16. The number of rotatable bonds is 5. The molecule has 3 rings (SSSR count). The van der Waals surface area contributed by atoms with Gasteiger partial charge in [-0.1, -0.05) is 23.7 Å². The number of anilines is 1. The number of halogens is 1. The fourth-order valence-corrected chi connectivity index (χ4v) is 3.77. The van der Waals surface area contributed by atoms with Gasteiger partial charge in [-0.05, 0) is 31.5 Å². The Morgan fingerprint density at radius 3 is 2.32 bits per heavy atom. The van der Waals surface area contributed by atoms with Crippen LogP contribution in [0.15, 0.2) is 45.1 Å². The average Bonchev–Trinajstić information content (AvgIpc) is 2.75. The Bertz CT molecular complexity index is 1210. The van der Waals surface area contributed by atoms with Crippen LogP contribution >= 0.6 is 11.6 Å². The number of carbonyl (C=O) groups is 2. The fraction of sp³-hybridized carbons (Fsp3) is 0.333. The topological polar surface area (TPSA) is 109 Å². The Morgan fingerprint density at radius 2 is 1.71 bits per heavy atom. The standard InChI is InChI=1S/C21H22ClN3O6/c1-5-30-19(27)14-13(11-8-7-9-12(22)10-11)15-17(23-16(14)20(28)31-6-2)24(3)21(29)25(4)18(15)26/h7-10,13,23H,5-6H2,1-4H3. The van der Waals surface area contributed by atoms with E-state index in [0.717, 1.165) is 4.57 Å². The normalized spacial score (nSPS) is 15.2. The van der Waals surface area contributed by atoms with E-state index in [1.165, 1.54) is 18.7 Å². The van der Waals surface area contributed by atoms with Gasteiger partial charge in [-0.15, -0.1) is 0 Å². The molecule has 0 saturated heterocycles. The monoisotopic (exact) mass is 447 g/mol. The first-order chi connectivity index (χ1) is 14.7. The molecule has 1 N–H and O–H groups in total. The van der Waals surface area contributed by atoms with Crippen molar-refractivity contribution in [3.05, 3.63) is 72.5 Å². The highest BCUT2D eigenvalue weighted by molar-refractivity contribution is 6.30. The number of hydrogen-bond acceptors (Lipinski definition) is 7. The molecule has 1 aromatic heterocycles. The number of carbonyl (C=O) groups excluding carboxylic acids is 2. The van der Waals surface area contributed by atoms with Crippen LogP contribution in [0, 0.1) is 0 Å². The van der Waals surface area contributed by atoms with Crippen molar-refractivity contribution in [2.45, 2.75) is 19.8 Å². The molecule has 164 valence electrons. The van der Waals surface area contributed by atoms with Crippen LogP contribution in [0.25, 0.3) is 0 Å². The van der Waals surface area contributed by atoms with Crippen molar-refractivity contribution in [2.75, 3.05) is 18.5 Å². The molecule has 0 radical (unpaired) electrons. The third-order valence-corrected chi connectivity index (χ3v) is 5.18. The number of hydrogen-bond donors (Lipinski definition) is 1. The summed E-state index contributed by atoms with van der Waals surface area (Å²) in [5.74, 6) is -2.52. The van der Waals surface area contributed by atoms with Gasteiger partial charge in [0.1, 0.15) is 11.5 Å². The molecule has 0 fully saturated rings. The number of ether oxygens (including phenoxy) is 2. The SMILES string of the molecule is CCOC(=O)C1=C(C(=O)OCC)C(c2cccc(Cl)c2)c2c(n(C)c(=O)n(C)c2=O)N1. The average molecular weight is 448 g/mol. The predicted octanol–water partition coefficient (Wildman–Crippen LogP) is 1.68. The van der Waals surface area contributed by atoms with E-state index in [9.17, 15) is 19.2 Å². The van der Waals surface area contributed by atoms with Gasteiger partial charge >= 0.3 is 17.6 Å². The van der Waals surface area contributed by atoms with Crippen molar-refractivity contribution < 1.29 is 19.1 Å². The van der Waals surface area contributed by atoms with Gasteiger partial charge in [0.25, 0.3) is 5.56 Å². The molecule has 0 aliphatic carbocycles. The van der Waals surface area contributed by atoms with Crippen LogP contribution in [0.5, 0.6) is 0 Å². The van der Waals surface area contributed by atoms with Crippen molar-refractivity contribution in [3.63, 3.8) is 0 Å². The van der Waals surface area contributed by atoms with Gasteiger partial charge in [-0.3, -0.25) is 13.9 Å². The first-order valence-electron chi connectivity index (χ1n) is 9.63. The van der Waals surface area contributed by atoms with Crippen molar-refractivity contribution in [3.8, 4) is 0 Å². The molecule has 2 heterocycles. The second kappa shape index (κ2) is 8.81. The first kappa shape index (κ1) is 22.4. The maximum absolute atomic E-state index is 13.2. The predicted molar refractivity (Wildman–Crippen MR) is 114 cm³/mol. The van der Waals surface area contributed by atoms with E-state index < -0.39 is 29.1 Å². The number of esters is 2. The molecule has 0 saturated carbocycles. The summed E-state index contributed by atoms with van der Waals surface area (Å²) in [4.78, 5) is 51.5. The zero-order chi connectivity index (χ0) is 22.9. The number of benzene rings is 1. The van der Waals surface area contributed by atoms with Crippen molar-refractivity contribution in [1.29, 1.82) is 0 Å². The van der Waals surface area contributed by atoms with Crippen molar-refractivity contribution >= 4 is 29.4 Å². The Kier molecular flexibility index (Phi) is 6.35. The van der Waals surface area contributed by atoms with E-state index in [4.69, 9.17) is 21.1 Å². The van der Waals surface area contributed by atoms with Crippen LogP contribution in [0.4, 0.5) is 5.82 Å². The van der Waals surface area contributed by atoms with Crippen LogP contribution in [0.1, 0.15) is 30.9 Å². The van der Waals surface area contributed by atoms with Crippen LogP contribution in [-0.4, -0.2) is 34.3 Å². The summed E-state index contributed by atoms with van der Waals surface area (Å²) in [6, 6.07) is 6.58. The smallest absolute Gasteiger partial charge is 0.355 e. The van der Waals surface area contributed by atoms with E-state index in [-0.39, 0.29) is 35.9 Å². The molecule has 1 aliphatic heterocycles. The van der Waals surface area contributed by atoms with E-state index in [0.29, 0.717) is 10.6 Å². The maximum Gasteiger partial charge on any atom is 0.355 e. The van der Waals surface area contributed by atoms with Gasteiger partial charge in [0.05, 0.1) is 30.3 Å². The van der Waals surface area contributed by atoms with Gasteiger partial charge in [-0.2, -0.15) is 0 Å². The molecule has 0 bridgehead atoms. The Hall–Kier alpha value is -3.33. The summed E-state index contributed by atoms with van der Waals surface area (Å²) in [7, 11) is 2.80. The van der Waals surface area contributed by atoms with Crippen molar-refractivity contribution in [1.82, 2.24) is 9.13 Å². The summed E-state index contributed by atoms with van der Waals surface area (Å²) in [5.41, 5.74) is -0.894. The second-order valence-corrected chi connectivity index (χ2v) is 7.25. The molecule has 2 aromatic rings. The zero-order valence-electron chi connectivity index (χ0n) is 17.5. The van der Waals surface area contributed by atoms with Gasteiger partial charge in [0.15, 0.2) is 0 Å². The zero-order valence-corrected chi connectivity index (χ0v) is 18.3. The fourth-order valence-electron chi connectivity index (χ4n) is 3.57. The maximum atomic E-state index is 13.2. The van der Waals surface area contributed by atoms with Crippen LogP contribution < -0.4 is 16.6 Å². The van der Waals surface area contributed by atoms with Gasteiger partial charge < -0.3 is 14.8 Å². The highest BCUT2D eigenvalue weighted by Crippen LogP contribution is 2.40. The molecule has 9 nitrogen and oxygen atoms in total. The number of aromatic nitrogens is 2. The van der Waals surface area contributed by atoms with E-state index in [1.54, 1.807) is 38.1 Å². The molecular formula is C21H22ClN3O6. The second-order valence-electron chi connectivity index (χ2n) is 6.81. The molecule has 1 atom stereocenters. The molecule has 1 aliphatic rings. The molecule has 31 heavy (non-hydrogen) atoms. The summed E-state index contributed by atoms with van der Waals surface area (Å²) in [6.07, 6.45) is 0. The van der Waals surface area contributed by atoms with Gasteiger partial charge in [0, 0.05) is 19.1 Å². The van der Waals surface area contributed by atoms with Gasteiger partial charge in [-0.25, -0.2) is 14.4 Å². The third-order valence-electron chi connectivity index (χ3n) is 4.95. The van der Waals surface area contributed by atoms with E-state index in [1.807, 2.05) is 0 Å². The van der Waals surface area contributed by atoms with Gasteiger partial charge in [0.2, 0.25) is 0 Å². The lowest BCUT2D eigenvalue weighted by molar-refractivity contribution is -0.142. The molecule has 1 aromatic carbocycles. The number of nitrogens with one attached hydrogen (secondary N) is 1. The van der Waals surface area contributed by atoms with Crippen molar-refractivity contribution in [2.24, 2.45) is 14.1 Å². The third kappa shape index (κ3) is 3.88. The molecule has 1 unspecified atom stereocenters. The van der Waals surface area contributed by atoms with E-state index >= 15 is 0 Å². The molecule has 10 heteroatoms. The number of nitrogens with zero attached hydrogens (tertiary/aromatic N) is 2.